The van der Waals surface area contributed by atoms with E-state index in [4.69, 9.17) is 4.74 Å². The van der Waals surface area contributed by atoms with Crippen LogP contribution in [-0.2, 0) is 19.5 Å². The maximum atomic E-state index is 5.71. The van der Waals surface area contributed by atoms with Gasteiger partial charge in [0.15, 0.2) is 0 Å². The van der Waals surface area contributed by atoms with Gasteiger partial charge in [-0.25, -0.2) is 0 Å². The van der Waals surface area contributed by atoms with Gasteiger partial charge in [-0.3, -0.25) is 0 Å². The third-order valence-corrected chi connectivity index (χ3v) is 4.87. The normalized spacial score (nSPS) is 10.6. The lowest BCUT2D eigenvalue weighted by molar-refractivity contribution is 0.409. The summed E-state index contributed by atoms with van der Waals surface area (Å²) in [6, 6.07) is 27.9. The van der Waals surface area contributed by atoms with Crippen molar-refractivity contribution < 1.29 is 4.74 Å². The molecule has 27 heavy (non-hydrogen) atoms. The van der Waals surface area contributed by atoms with Crippen LogP contribution in [0.3, 0.4) is 0 Å². The highest BCUT2D eigenvalue weighted by atomic mass is 16.5. The molecule has 2 nitrogen and oxygen atoms in total. The molecule has 0 N–H and O–H groups in total. The first-order valence-corrected chi connectivity index (χ1v) is 9.80. The van der Waals surface area contributed by atoms with Crippen molar-refractivity contribution in [2.45, 2.75) is 39.3 Å². The average molecular weight is 360 g/mol. The zero-order valence-corrected chi connectivity index (χ0v) is 16.4. The van der Waals surface area contributed by atoms with Crippen molar-refractivity contribution in [3.8, 4) is 5.75 Å². The Kier molecular flexibility index (Phi) is 6.92. The minimum Gasteiger partial charge on any atom is -0.496 e. The summed E-state index contributed by atoms with van der Waals surface area (Å²) < 4.78 is 5.71. The van der Waals surface area contributed by atoms with Gasteiger partial charge in [-0.2, -0.15) is 0 Å². The van der Waals surface area contributed by atoms with E-state index >= 15 is 0 Å². The van der Waals surface area contributed by atoms with E-state index in [0.29, 0.717) is 0 Å². The van der Waals surface area contributed by atoms with Gasteiger partial charge in [-0.15, -0.1) is 0 Å². The largest absolute Gasteiger partial charge is 0.496 e. The van der Waals surface area contributed by atoms with Crippen LogP contribution in [0.15, 0.2) is 78.9 Å². The van der Waals surface area contributed by atoms with Gasteiger partial charge >= 0.3 is 0 Å². The molecule has 0 amide bonds. The van der Waals surface area contributed by atoms with Crippen molar-refractivity contribution in [3.63, 3.8) is 0 Å². The Morgan fingerprint density at radius 1 is 0.778 bits per heavy atom. The van der Waals surface area contributed by atoms with Crippen molar-refractivity contribution >= 4 is 5.69 Å². The van der Waals surface area contributed by atoms with Crippen LogP contribution in [0.25, 0.3) is 0 Å². The molecule has 3 aromatic rings. The fraction of sp³-hybridized carbons (Fsp3) is 0.280. The summed E-state index contributed by atoms with van der Waals surface area (Å²) in [5.74, 6) is 0.993. The first-order chi connectivity index (χ1) is 13.3. The first-order valence-electron chi connectivity index (χ1n) is 9.80. The molecule has 0 spiro atoms. The molecule has 0 aromatic heterocycles. The number of aryl methyl sites for hydroxylation is 1. The molecule has 0 aliphatic heterocycles. The smallest absolute Gasteiger partial charge is 0.124 e. The molecule has 3 rings (SSSR count). The van der Waals surface area contributed by atoms with Gasteiger partial charge in [0.2, 0.25) is 0 Å². The zero-order valence-electron chi connectivity index (χ0n) is 16.4. The molecular weight excluding hydrogens is 330 g/mol. The lowest BCUT2D eigenvalue weighted by Gasteiger charge is -2.26. The summed E-state index contributed by atoms with van der Waals surface area (Å²) >= 11 is 0. The van der Waals surface area contributed by atoms with E-state index in [1.165, 1.54) is 35.2 Å². The van der Waals surface area contributed by atoms with E-state index in [0.717, 1.165) is 25.3 Å². The third kappa shape index (κ3) is 5.37. The molecule has 2 heteroatoms. The van der Waals surface area contributed by atoms with Crippen LogP contribution in [0.1, 0.15) is 36.5 Å². The van der Waals surface area contributed by atoms with Gasteiger partial charge in [0.25, 0.3) is 0 Å². The monoisotopic (exact) mass is 359 g/mol. The van der Waals surface area contributed by atoms with Crippen LogP contribution in [0.4, 0.5) is 5.69 Å². The molecular formula is C25H29NO. The minimum absolute atomic E-state index is 0.868. The van der Waals surface area contributed by atoms with Crippen LogP contribution < -0.4 is 9.64 Å². The van der Waals surface area contributed by atoms with E-state index in [1.54, 1.807) is 7.11 Å². The summed E-state index contributed by atoms with van der Waals surface area (Å²) in [4.78, 5) is 2.41. The lowest BCUT2D eigenvalue weighted by atomic mass is 10.1. The average Bonchev–Trinajstić information content (AvgIpc) is 2.73. The van der Waals surface area contributed by atoms with Gasteiger partial charge in [0.05, 0.1) is 7.11 Å². The fourth-order valence-corrected chi connectivity index (χ4v) is 3.35. The Bertz CT molecular complexity index is 773. The van der Waals surface area contributed by atoms with Gasteiger partial charge < -0.3 is 9.64 Å². The van der Waals surface area contributed by atoms with Crippen molar-refractivity contribution in [1.82, 2.24) is 0 Å². The molecule has 0 radical (unpaired) electrons. The Morgan fingerprint density at radius 2 is 1.37 bits per heavy atom. The number of hydrogen-bond acceptors (Lipinski definition) is 2. The molecule has 140 valence electrons. The number of benzene rings is 3. The summed E-state index contributed by atoms with van der Waals surface area (Å²) in [7, 11) is 1.77. The van der Waals surface area contributed by atoms with Gasteiger partial charge in [-0.1, -0.05) is 80.1 Å². The molecule has 0 aliphatic carbocycles. The molecule has 0 saturated heterocycles. The maximum Gasteiger partial charge on any atom is 0.124 e. The standard InChI is InChI=1S/C25H29NO/c1-3-4-15-23-16-17-24(18-25(23)27-2)26(19-21-11-7-5-8-12-21)20-22-13-9-6-10-14-22/h5-14,16-18H,3-4,15,19-20H2,1-2H3. The molecule has 3 aromatic carbocycles. The highest BCUT2D eigenvalue weighted by molar-refractivity contribution is 5.54. The number of anilines is 1. The number of rotatable bonds is 9. The topological polar surface area (TPSA) is 12.5 Å². The van der Waals surface area contributed by atoms with E-state index in [9.17, 15) is 0 Å². The van der Waals surface area contributed by atoms with Crippen molar-refractivity contribution in [2.24, 2.45) is 0 Å². The van der Waals surface area contributed by atoms with Crippen molar-refractivity contribution in [1.29, 1.82) is 0 Å². The second kappa shape index (κ2) is 9.82. The molecule has 0 fully saturated rings. The second-order valence-corrected chi connectivity index (χ2v) is 6.93. The van der Waals surface area contributed by atoms with E-state index in [2.05, 4.69) is 90.7 Å². The van der Waals surface area contributed by atoms with E-state index < -0.39 is 0 Å². The summed E-state index contributed by atoms with van der Waals surface area (Å²) in [6.07, 6.45) is 3.45. The fourth-order valence-electron chi connectivity index (χ4n) is 3.35. The Morgan fingerprint density at radius 3 is 1.89 bits per heavy atom. The number of hydrogen-bond donors (Lipinski definition) is 0. The Labute approximate surface area is 163 Å². The highest BCUT2D eigenvalue weighted by Crippen LogP contribution is 2.29. The number of methoxy groups -OCH3 is 1. The lowest BCUT2D eigenvalue weighted by Crippen LogP contribution is -2.22. The van der Waals surface area contributed by atoms with Gasteiger partial charge in [-0.05, 0) is 35.6 Å². The van der Waals surface area contributed by atoms with E-state index in [-0.39, 0.29) is 0 Å². The van der Waals surface area contributed by atoms with Crippen LogP contribution in [0, 0.1) is 0 Å². The predicted octanol–water partition coefficient (Wildman–Crippen LogP) is 6.24. The Hall–Kier alpha value is -2.74. The quantitative estimate of drug-likeness (QED) is 0.448. The van der Waals surface area contributed by atoms with Crippen molar-refractivity contribution in [3.05, 3.63) is 95.6 Å². The van der Waals surface area contributed by atoms with Gasteiger partial charge in [0.1, 0.15) is 5.75 Å². The summed E-state index contributed by atoms with van der Waals surface area (Å²) in [6.45, 7) is 3.96. The highest BCUT2D eigenvalue weighted by Gasteiger charge is 2.12. The maximum absolute atomic E-state index is 5.71. The number of unbranched alkanes of at least 4 members (excludes halogenated alkanes) is 1. The Balaban J connectivity index is 1.89. The molecule has 0 unspecified atom stereocenters. The van der Waals surface area contributed by atoms with Crippen LogP contribution >= 0.6 is 0 Å². The predicted molar refractivity (Wildman–Crippen MR) is 114 cm³/mol. The first kappa shape index (κ1) is 19.0. The number of nitrogens with zero attached hydrogens (tertiary/aromatic N) is 1. The third-order valence-electron chi connectivity index (χ3n) is 4.87. The van der Waals surface area contributed by atoms with Crippen LogP contribution in [0.5, 0.6) is 5.75 Å². The molecule has 0 heterocycles. The van der Waals surface area contributed by atoms with Crippen LogP contribution in [0.2, 0.25) is 0 Å². The summed E-state index contributed by atoms with van der Waals surface area (Å²) in [5.41, 5.74) is 5.10. The molecule has 0 atom stereocenters. The SMILES string of the molecule is CCCCc1ccc(N(Cc2ccccc2)Cc2ccccc2)cc1OC. The molecule has 0 aliphatic rings. The molecule has 0 saturated carbocycles. The summed E-state index contributed by atoms with van der Waals surface area (Å²) in [5, 5.41) is 0. The minimum atomic E-state index is 0.868. The number of ether oxygens (including phenoxy) is 1. The van der Waals surface area contributed by atoms with Gasteiger partial charge in [0, 0.05) is 24.8 Å². The molecule has 0 bridgehead atoms. The van der Waals surface area contributed by atoms with E-state index in [1.807, 2.05) is 0 Å². The van der Waals surface area contributed by atoms with Crippen molar-refractivity contribution in [2.75, 3.05) is 12.0 Å². The second-order valence-electron chi connectivity index (χ2n) is 6.93. The van der Waals surface area contributed by atoms with Crippen LogP contribution in [-0.4, -0.2) is 7.11 Å². The zero-order chi connectivity index (χ0) is 18.9.